The maximum absolute atomic E-state index is 13.3. The second-order valence-corrected chi connectivity index (χ2v) is 9.25. The van der Waals surface area contributed by atoms with Crippen molar-refractivity contribution in [3.63, 3.8) is 0 Å². The van der Waals surface area contributed by atoms with Gasteiger partial charge in [0.25, 0.3) is 5.91 Å². The van der Waals surface area contributed by atoms with Crippen LogP contribution < -0.4 is 4.74 Å². The van der Waals surface area contributed by atoms with Crippen molar-refractivity contribution in [2.75, 3.05) is 19.3 Å². The van der Waals surface area contributed by atoms with Crippen LogP contribution >= 0.6 is 11.8 Å². The molecular weight excluding hydrogens is 470 g/mol. The molecule has 2 heterocycles. The third-order valence-electron chi connectivity index (χ3n) is 6.26. The van der Waals surface area contributed by atoms with Crippen molar-refractivity contribution in [3.05, 3.63) is 53.3 Å². The van der Waals surface area contributed by atoms with Gasteiger partial charge in [0.05, 0.1) is 11.1 Å². The van der Waals surface area contributed by atoms with Crippen LogP contribution in [0.15, 0.2) is 41.6 Å². The number of ether oxygens (including phenoxy) is 1. The Hall–Kier alpha value is -2.43. The Kier molecular flexibility index (Phi) is 5.83. The van der Waals surface area contributed by atoms with Crippen LogP contribution in [-0.2, 0) is 11.6 Å². The van der Waals surface area contributed by atoms with Gasteiger partial charge in [-0.2, -0.15) is 26.3 Å². The van der Waals surface area contributed by atoms with E-state index in [-0.39, 0.29) is 23.8 Å². The smallest absolute Gasteiger partial charge is 0.425 e. The van der Waals surface area contributed by atoms with Crippen LogP contribution in [-0.4, -0.2) is 47.4 Å². The van der Waals surface area contributed by atoms with Gasteiger partial charge in [-0.25, -0.2) is 0 Å². The van der Waals surface area contributed by atoms with Crippen molar-refractivity contribution in [2.45, 2.75) is 42.1 Å². The summed E-state index contributed by atoms with van der Waals surface area (Å²) in [5.41, 5.74) is -1.06. The lowest BCUT2D eigenvalue weighted by Crippen LogP contribution is -2.35. The second kappa shape index (κ2) is 8.11. The van der Waals surface area contributed by atoms with Crippen molar-refractivity contribution in [1.29, 1.82) is 0 Å². The minimum Gasteiger partial charge on any atom is -0.480 e. The first-order valence-corrected chi connectivity index (χ1v) is 11.3. The number of rotatable bonds is 5. The molecule has 3 unspecified atom stereocenters. The van der Waals surface area contributed by atoms with Gasteiger partial charge in [0, 0.05) is 35.8 Å². The number of hydrogen-bond donors (Lipinski definition) is 0. The van der Waals surface area contributed by atoms with Crippen LogP contribution in [0.1, 0.15) is 34.8 Å². The van der Waals surface area contributed by atoms with E-state index in [4.69, 9.17) is 4.74 Å². The number of likely N-dealkylation sites (tertiary alicyclic amines) is 1. The van der Waals surface area contributed by atoms with Gasteiger partial charge in [-0.15, -0.1) is 11.8 Å². The van der Waals surface area contributed by atoms with E-state index in [0.717, 1.165) is 19.2 Å². The number of piperidine rings is 1. The molecule has 2 aromatic rings. The molecule has 1 saturated heterocycles. The van der Waals surface area contributed by atoms with Gasteiger partial charge < -0.3 is 9.64 Å². The summed E-state index contributed by atoms with van der Waals surface area (Å²) >= 11 is 1.32. The number of amides is 1. The van der Waals surface area contributed by atoms with Gasteiger partial charge in [-0.3, -0.25) is 9.78 Å². The number of hydrogen-bond acceptors (Lipinski definition) is 4. The number of halogens is 6. The van der Waals surface area contributed by atoms with E-state index in [1.807, 2.05) is 0 Å². The largest absolute Gasteiger partial charge is 0.480 e. The van der Waals surface area contributed by atoms with E-state index in [0.29, 0.717) is 23.4 Å². The van der Waals surface area contributed by atoms with Gasteiger partial charge in [-0.05, 0) is 55.3 Å². The maximum Gasteiger partial charge on any atom is 0.425 e. The number of benzene rings is 1. The predicted molar refractivity (Wildman–Crippen MR) is 109 cm³/mol. The van der Waals surface area contributed by atoms with E-state index in [1.165, 1.54) is 35.0 Å². The standard InChI is InChI=1S/C22H20F6N2O2S/c1-12(21(23,24)25)32-18-4-3-16(33-2)6-17(18)19(31)30-10-15-7-20(15,11-30)13-5-14(9-29-8-13)22(26,27)28/h3-6,8-9,12,15H,7,10-11H2,1-2H3. The Balaban J connectivity index is 1.59. The number of thioether (sulfide) groups is 1. The number of nitrogens with zero attached hydrogens (tertiary/aromatic N) is 2. The molecule has 0 spiro atoms. The second-order valence-electron chi connectivity index (χ2n) is 8.37. The molecule has 0 radical (unpaired) electrons. The van der Waals surface area contributed by atoms with Gasteiger partial charge >= 0.3 is 12.4 Å². The predicted octanol–water partition coefficient (Wildman–Crippen LogP) is 5.57. The highest BCUT2D eigenvalue weighted by Crippen LogP contribution is 2.59. The van der Waals surface area contributed by atoms with Crippen LogP contribution in [0.3, 0.4) is 0 Å². The van der Waals surface area contributed by atoms with Crippen molar-refractivity contribution >= 4 is 17.7 Å². The molecule has 178 valence electrons. The molecule has 4 nitrogen and oxygen atoms in total. The molecule has 11 heteroatoms. The van der Waals surface area contributed by atoms with Crippen LogP contribution in [0.4, 0.5) is 26.3 Å². The zero-order valence-electron chi connectivity index (χ0n) is 17.6. The molecule has 1 aromatic carbocycles. The third kappa shape index (κ3) is 4.51. The Morgan fingerprint density at radius 3 is 2.58 bits per heavy atom. The molecule has 1 amide bonds. The van der Waals surface area contributed by atoms with Gasteiger partial charge in [0.15, 0.2) is 6.10 Å². The summed E-state index contributed by atoms with van der Waals surface area (Å²) in [5, 5.41) is 0. The highest BCUT2D eigenvalue weighted by molar-refractivity contribution is 7.98. The Labute approximate surface area is 190 Å². The van der Waals surface area contributed by atoms with E-state index in [1.54, 1.807) is 12.3 Å². The highest BCUT2D eigenvalue weighted by atomic mass is 32.2. The molecule has 33 heavy (non-hydrogen) atoms. The summed E-state index contributed by atoms with van der Waals surface area (Å²) in [6, 6.07) is 5.45. The summed E-state index contributed by atoms with van der Waals surface area (Å²) in [4.78, 5) is 19.2. The fourth-order valence-corrected chi connectivity index (χ4v) is 4.73. The first-order chi connectivity index (χ1) is 15.3. The number of alkyl halides is 6. The van der Waals surface area contributed by atoms with Gasteiger partial charge in [-0.1, -0.05) is 0 Å². The number of carbonyl (C=O) groups is 1. The lowest BCUT2D eigenvalue weighted by Gasteiger charge is -2.24. The van der Waals surface area contributed by atoms with Crippen LogP contribution in [0.5, 0.6) is 5.75 Å². The number of carbonyl (C=O) groups excluding carboxylic acids is 1. The van der Waals surface area contributed by atoms with E-state index >= 15 is 0 Å². The van der Waals surface area contributed by atoms with Gasteiger partial charge in [0.2, 0.25) is 0 Å². The third-order valence-corrected chi connectivity index (χ3v) is 6.98. The quantitative estimate of drug-likeness (QED) is 0.406. The zero-order chi connectivity index (χ0) is 24.2. The molecule has 1 aliphatic carbocycles. The summed E-state index contributed by atoms with van der Waals surface area (Å²) in [7, 11) is 0. The summed E-state index contributed by atoms with van der Waals surface area (Å²) < 4.78 is 83.5. The van der Waals surface area contributed by atoms with E-state index < -0.39 is 35.3 Å². The van der Waals surface area contributed by atoms with E-state index in [2.05, 4.69) is 4.98 Å². The molecule has 3 atom stereocenters. The van der Waals surface area contributed by atoms with Crippen molar-refractivity contribution in [1.82, 2.24) is 9.88 Å². The molecule has 1 aliphatic heterocycles. The summed E-state index contributed by atoms with van der Waals surface area (Å²) in [5.74, 6) is -0.728. The maximum atomic E-state index is 13.3. The monoisotopic (exact) mass is 490 g/mol. The van der Waals surface area contributed by atoms with Crippen molar-refractivity contribution in [3.8, 4) is 5.75 Å². The van der Waals surface area contributed by atoms with Crippen LogP contribution in [0, 0.1) is 5.92 Å². The van der Waals surface area contributed by atoms with Crippen molar-refractivity contribution in [2.24, 2.45) is 5.92 Å². The molecule has 2 aliphatic rings. The molecule has 1 saturated carbocycles. The zero-order valence-corrected chi connectivity index (χ0v) is 18.4. The van der Waals surface area contributed by atoms with E-state index in [9.17, 15) is 31.1 Å². The first-order valence-electron chi connectivity index (χ1n) is 10.1. The lowest BCUT2D eigenvalue weighted by molar-refractivity contribution is -0.189. The fourth-order valence-electron chi connectivity index (χ4n) is 4.29. The van der Waals surface area contributed by atoms with Crippen LogP contribution in [0.25, 0.3) is 0 Å². The van der Waals surface area contributed by atoms with Gasteiger partial charge in [0.1, 0.15) is 5.75 Å². The molecule has 0 bridgehead atoms. The minimum absolute atomic E-state index is 0.00318. The average molecular weight is 490 g/mol. The average Bonchev–Trinajstić information content (AvgIpc) is 3.33. The van der Waals surface area contributed by atoms with Crippen molar-refractivity contribution < 1.29 is 35.9 Å². The summed E-state index contributed by atoms with van der Waals surface area (Å²) in [6.07, 6.45) is -6.71. The fraction of sp³-hybridized carbons (Fsp3) is 0.455. The molecular formula is C22H20F6N2O2S. The normalized spacial score (nSPS) is 23.3. The molecule has 1 aromatic heterocycles. The Morgan fingerprint density at radius 1 is 1.21 bits per heavy atom. The highest BCUT2D eigenvalue weighted by Gasteiger charge is 2.62. The number of aromatic nitrogens is 1. The SMILES string of the molecule is CSc1ccc(OC(C)C(F)(F)F)c(C(=O)N2CC3CC3(c3cncc(C(F)(F)F)c3)C2)c1. The minimum atomic E-state index is -4.60. The topological polar surface area (TPSA) is 42.4 Å². The number of pyridine rings is 1. The molecule has 4 rings (SSSR count). The number of fused-ring (bicyclic) bond motifs is 1. The molecule has 2 fully saturated rings. The van der Waals surface area contributed by atoms with Crippen LogP contribution in [0.2, 0.25) is 0 Å². The lowest BCUT2D eigenvalue weighted by atomic mass is 9.95. The Morgan fingerprint density at radius 2 is 1.94 bits per heavy atom. The first kappa shape index (κ1) is 23.7. The Bertz CT molecular complexity index is 1070. The summed E-state index contributed by atoms with van der Waals surface area (Å²) in [6.45, 7) is 1.32. The molecule has 0 N–H and O–H groups in total.